The number of urea groups is 1. The Balaban J connectivity index is 4.17. The molecule has 0 aromatic heterocycles. The van der Waals surface area contributed by atoms with Crippen molar-refractivity contribution in [1.29, 1.82) is 0 Å². The minimum absolute atomic E-state index is 0.0202. The zero-order valence-corrected chi connectivity index (χ0v) is 12.0. The van der Waals surface area contributed by atoms with E-state index in [0.29, 0.717) is 12.5 Å². The summed E-state index contributed by atoms with van der Waals surface area (Å²) >= 11 is 0. The SMILES string of the molecule is CC(C)CC(CNC(=O)NC(C)(C)C)CC(=O)O. The van der Waals surface area contributed by atoms with Crippen LogP contribution < -0.4 is 10.6 Å². The summed E-state index contributed by atoms with van der Waals surface area (Å²) in [5.41, 5.74) is -0.287. The second-order valence-corrected chi connectivity index (χ2v) is 6.18. The second-order valence-electron chi connectivity index (χ2n) is 6.18. The van der Waals surface area contributed by atoms with Crippen LogP contribution in [0.2, 0.25) is 0 Å². The predicted octanol–water partition coefficient (Wildman–Crippen LogP) is 2.22. The van der Waals surface area contributed by atoms with E-state index in [2.05, 4.69) is 10.6 Å². The van der Waals surface area contributed by atoms with Gasteiger partial charge in [-0.05, 0) is 39.0 Å². The second kappa shape index (κ2) is 7.24. The first-order valence-corrected chi connectivity index (χ1v) is 6.38. The van der Waals surface area contributed by atoms with Crippen LogP contribution in [0.25, 0.3) is 0 Å². The first-order chi connectivity index (χ1) is 8.10. The van der Waals surface area contributed by atoms with E-state index in [1.54, 1.807) is 0 Å². The molecule has 106 valence electrons. The lowest BCUT2D eigenvalue weighted by Crippen LogP contribution is -2.47. The Bertz CT molecular complexity index is 282. The van der Waals surface area contributed by atoms with Gasteiger partial charge in [0.05, 0.1) is 0 Å². The standard InChI is InChI=1S/C13H26N2O3/c1-9(2)6-10(7-11(16)17)8-14-12(18)15-13(3,4)5/h9-10H,6-8H2,1-5H3,(H,16,17)(H2,14,15,18). The number of aliphatic carboxylic acids is 1. The van der Waals surface area contributed by atoms with Crippen molar-refractivity contribution in [2.45, 2.75) is 53.0 Å². The van der Waals surface area contributed by atoms with Crippen LogP contribution in [0.5, 0.6) is 0 Å². The van der Waals surface area contributed by atoms with Gasteiger partial charge in [0.15, 0.2) is 0 Å². The van der Waals surface area contributed by atoms with Gasteiger partial charge in [0.1, 0.15) is 0 Å². The molecule has 0 aromatic rings. The van der Waals surface area contributed by atoms with Gasteiger partial charge in [-0.2, -0.15) is 0 Å². The number of carbonyl (C=O) groups excluding carboxylic acids is 1. The van der Waals surface area contributed by atoms with Gasteiger partial charge in [0, 0.05) is 18.5 Å². The Labute approximate surface area is 109 Å². The van der Waals surface area contributed by atoms with Gasteiger partial charge >= 0.3 is 12.0 Å². The van der Waals surface area contributed by atoms with Crippen molar-refractivity contribution in [3.8, 4) is 0 Å². The third-order valence-electron chi connectivity index (χ3n) is 2.31. The fourth-order valence-electron chi connectivity index (χ4n) is 1.77. The predicted molar refractivity (Wildman–Crippen MR) is 71.5 cm³/mol. The number of carboxylic acid groups (broad SMARTS) is 1. The molecule has 5 heteroatoms. The zero-order valence-electron chi connectivity index (χ0n) is 12.0. The number of nitrogens with one attached hydrogen (secondary N) is 2. The maximum absolute atomic E-state index is 11.6. The Morgan fingerprint density at radius 2 is 1.78 bits per heavy atom. The molecule has 0 bridgehead atoms. The van der Waals surface area contributed by atoms with E-state index in [9.17, 15) is 9.59 Å². The molecule has 0 rings (SSSR count). The topological polar surface area (TPSA) is 78.4 Å². The molecule has 0 saturated carbocycles. The number of rotatable bonds is 6. The molecule has 2 amide bonds. The minimum atomic E-state index is -0.821. The van der Waals surface area contributed by atoms with E-state index in [1.165, 1.54) is 0 Å². The normalized spacial score (nSPS) is 13.2. The molecule has 0 radical (unpaired) electrons. The van der Waals surface area contributed by atoms with Crippen molar-refractivity contribution in [2.75, 3.05) is 6.54 Å². The minimum Gasteiger partial charge on any atom is -0.481 e. The summed E-state index contributed by atoms with van der Waals surface area (Å²) in [6.07, 6.45) is 0.885. The molecule has 18 heavy (non-hydrogen) atoms. The fraction of sp³-hybridized carbons (Fsp3) is 0.846. The zero-order chi connectivity index (χ0) is 14.3. The lowest BCUT2D eigenvalue weighted by atomic mass is 9.94. The van der Waals surface area contributed by atoms with Crippen LogP contribution in [-0.2, 0) is 4.79 Å². The smallest absolute Gasteiger partial charge is 0.315 e. The van der Waals surface area contributed by atoms with E-state index in [-0.39, 0.29) is 23.9 Å². The van der Waals surface area contributed by atoms with Crippen molar-refractivity contribution >= 4 is 12.0 Å². The highest BCUT2D eigenvalue weighted by Gasteiger charge is 2.18. The molecule has 0 aliphatic heterocycles. The van der Waals surface area contributed by atoms with Crippen molar-refractivity contribution in [3.05, 3.63) is 0 Å². The first kappa shape index (κ1) is 16.7. The molecule has 1 atom stereocenters. The van der Waals surface area contributed by atoms with Crippen LogP contribution in [0.3, 0.4) is 0 Å². The highest BCUT2D eigenvalue weighted by atomic mass is 16.4. The maximum Gasteiger partial charge on any atom is 0.315 e. The Hall–Kier alpha value is -1.26. The van der Waals surface area contributed by atoms with E-state index >= 15 is 0 Å². The molecule has 0 heterocycles. The average molecular weight is 258 g/mol. The van der Waals surface area contributed by atoms with Crippen LogP contribution in [-0.4, -0.2) is 29.2 Å². The number of hydrogen-bond donors (Lipinski definition) is 3. The molecule has 0 aromatic carbocycles. The van der Waals surface area contributed by atoms with Gasteiger partial charge in [-0.1, -0.05) is 13.8 Å². The Kier molecular flexibility index (Phi) is 6.73. The summed E-state index contributed by atoms with van der Waals surface area (Å²) in [5, 5.41) is 14.3. The quantitative estimate of drug-likeness (QED) is 0.683. The van der Waals surface area contributed by atoms with Gasteiger partial charge in [-0.25, -0.2) is 4.79 Å². The number of hydrogen-bond acceptors (Lipinski definition) is 2. The lowest BCUT2D eigenvalue weighted by Gasteiger charge is -2.23. The van der Waals surface area contributed by atoms with Crippen molar-refractivity contribution < 1.29 is 14.7 Å². The van der Waals surface area contributed by atoms with Crippen LogP contribution in [0.4, 0.5) is 4.79 Å². The van der Waals surface area contributed by atoms with Crippen molar-refractivity contribution in [1.82, 2.24) is 10.6 Å². The molecule has 0 saturated heterocycles. The summed E-state index contributed by atoms with van der Waals surface area (Å²) in [6.45, 7) is 10.2. The highest BCUT2D eigenvalue weighted by molar-refractivity contribution is 5.74. The molecule has 0 spiro atoms. The van der Waals surface area contributed by atoms with Gasteiger partial charge in [-0.15, -0.1) is 0 Å². The summed E-state index contributed by atoms with van der Waals surface area (Å²) in [5.74, 6) is -0.422. The summed E-state index contributed by atoms with van der Waals surface area (Å²) in [7, 11) is 0. The third kappa shape index (κ3) is 9.93. The molecule has 3 N–H and O–H groups in total. The third-order valence-corrected chi connectivity index (χ3v) is 2.31. The van der Waals surface area contributed by atoms with E-state index in [1.807, 2.05) is 34.6 Å². The maximum atomic E-state index is 11.6. The summed E-state index contributed by atoms with van der Waals surface area (Å²) in [4.78, 5) is 22.3. The van der Waals surface area contributed by atoms with Crippen LogP contribution in [0.15, 0.2) is 0 Å². The largest absolute Gasteiger partial charge is 0.481 e. The van der Waals surface area contributed by atoms with Crippen molar-refractivity contribution in [3.63, 3.8) is 0 Å². The average Bonchev–Trinajstić information content (AvgIpc) is 2.09. The van der Waals surface area contributed by atoms with Crippen molar-refractivity contribution in [2.24, 2.45) is 11.8 Å². The van der Waals surface area contributed by atoms with Gasteiger partial charge in [0.25, 0.3) is 0 Å². The molecule has 5 nitrogen and oxygen atoms in total. The molecule has 0 aliphatic rings. The molecule has 0 fully saturated rings. The molecular formula is C13H26N2O3. The molecule has 1 unspecified atom stereocenters. The Morgan fingerprint density at radius 3 is 2.17 bits per heavy atom. The highest BCUT2D eigenvalue weighted by Crippen LogP contribution is 2.14. The Morgan fingerprint density at radius 1 is 1.22 bits per heavy atom. The fourth-order valence-corrected chi connectivity index (χ4v) is 1.77. The number of amides is 2. The van der Waals surface area contributed by atoms with E-state index in [0.717, 1.165) is 6.42 Å². The first-order valence-electron chi connectivity index (χ1n) is 6.38. The van der Waals surface area contributed by atoms with E-state index < -0.39 is 5.97 Å². The summed E-state index contributed by atoms with van der Waals surface area (Å²) in [6, 6.07) is -0.248. The lowest BCUT2D eigenvalue weighted by molar-refractivity contribution is -0.138. The molecule has 0 aliphatic carbocycles. The van der Waals surface area contributed by atoms with Crippen LogP contribution in [0.1, 0.15) is 47.5 Å². The van der Waals surface area contributed by atoms with E-state index in [4.69, 9.17) is 5.11 Å². The van der Waals surface area contributed by atoms with Crippen LogP contribution in [0, 0.1) is 11.8 Å². The number of carboxylic acids is 1. The summed E-state index contributed by atoms with van der Waals surface area (Å²) < 4.78 is 0. The monoisotopic (exact) mass is 258 g/mol. The van der Waals surface area contributed by atoms with Gasteiger partial charge < -0.3 is 15.7 Å². The van der Waals surface area contributed by atoms with Gasteiger partial charge in [-0.3, -0.25) is 4.79 Å². The van der Waals surface area contributed by atoms with Gasteiger partial charge in [0.2, 0.25) is 0 Å². The molecular weight excluding hydrogens is 232 g/mol. The number of carbonyl (C=O) groups is 2. The van der Waals surface area contributed by atoms with Crippen LogP contribution >= 0.6 is 0 Å².